The highest BCUT2D eigenvalue weighted by atomic mass is 16.5. The van der Waals surface area contributed by atoms with E-state index in [1.54, 1.807) is 4.90 Å². The molecule has 24 heavy (non-hydrogen) atoms. The second-order valence-electron chi connectivity index (χ2n) is 6.57. The third kappa shape index (κ3) is 3.48. The molecule has 2 aliphatic rings. The molecule has 0 aliphatic carbocycles. The molecule has 0 N–H and O–H groups in total. The van der Waals surface area contributed by atoms with Crippen molar-refractivity contribution in [2.24, 2.45) is 5.92 Å². The van der Waals surface area contributed by atoms with E-state index < -0.39 is 0 Å². The Balaban J connectivity index is 1.56. The molecule has 0 spiro atoms. The number of morpholine rings is 1. The van der Waals surface area contributed by atoms with E-state index in [4.69, 9.17) is 9.15 Å². The summed E-state index contributed by atoms with van der Waals surface area (Å²) in [6, 6.07) is 1.83. The van der Waals surface area contributed by atoms with Gasteiger partial charge in [0.15, 0.2) is 5.76 Å². The van der Waals surface area contributed by atoms with E-state index in [-0.39, 0.29) is 17.7 Å². The van der Waals surface area contributed by atoms with E-state index in [2.05, 4.69) is 0 Å². The van der Waals surface area contributed by atoms with Crippen molar-refractivity contribution in [1.82, 2.24) is 9.80 Å². The van der Waals surface area contributed by atoms with Crippen LogP contribution in [-0.4, -0.2) is 61.0 Å². The average Bonchev–Trinajstić information content (AvgIpc) is 3.02. The Morgan fingerprint density at radius 2 is 1.79 bits per heavy atom. The monoisotopic (exact) mass is 334 g/mol. The first kappa shape index (κ1) is 17.0. The molecule has 6 nitrogen and oxygen atoms in total. The molecule has 1 aromatic heterocycles. The third-order valence-electron chi connectivity index (χ3n) is 5.01. The number of rotatable bonds is 3. The normalized spacial score (nSPS) is 19.6. The molecule has 0 radical (unpaired) electrons. The van der Waals surface area contributed by atoms with Gasteiger partial charge in [0.2, 0.25) is 5.91 Å². The van der Waals surface area contributed by atoms with E-state index >= 15 is 0 Å². The van der Waals surface area contributed by atoms with Crippen molar-refractivity contribution in [3.05, 3.63) is 23.2 Å². The Morgan fingerprint density at radius 1 is 1.12 bits per heavy atom. The standard InChI is InChI=1S/C18H26N2O4/c1-3-15-13(2)12-16(24-15)18(22)19-6-4-14(5-7-19)17(21)20-8-10-23-11-9-20/h12,14H,3-11H2,1-2H3. The van der Waals surface area contributed by atoms with Crippen LogP contribution in [0.15, 0.2) is 10.5 Å². The van der Waals surface area contributed by atoms with Crippen LogP contribution in [0.5, 0.6) is 0 Å². The van der Waals surface area contributed by atoms with Crippen LogP contribution in [0, 0.1) is 12.8 Å². The molecule has 1 aromatic rings. The van der Waals surface area contributed by atoms with Crippen LogP contribution in [0.1, 0.15) is 41.6 Å². The van der Waals surface area contributed by atoms with Crippen molar-refractivity contribution >= 4 is 11.8 Å². The van der Waals surface area contributed by atoms with Gasteiger partial charge in [-0.05, 0) is 31.4 Å². The summed E-state index contributed by atoms with van der Waals surface area (Å²) in [5.41, 5.74) is 1.03. The van der Waals surface area contributed by atoms with E-state index in [0.29, 0.717) is 45.2 Å². The molecule has 2 amide bonds. The molecular weight excluding hydrogens is 308 g/mol. The number of ether oxygens (including phenoxy) is 1. The number of hydrogen-bond donors (Lipinski definition) is 0. The minimum absolute atomic E-state index is 0.0247. The van der Waals surface area contributed by atoms with Gasteiger partial charge >= 0.3 is 0 Å². The molecule has 0 bridgehead atoms. The van der Waals surface area contributed by atoms with Gasteiger partial charge in [0.1, 0.15) is 5.76 Å². The highest BCUT2D eigenvalue weighted by Crippen LogP contribution is 2.23. The van der Waals surface area contributed by atoms with Gasteiger partial charge in [0, 0.05) is 38.5 Å². The summed E-state index contributed by atoms with van der Waals surface area (Å²) >= 11 is 0. The molecule has 0 saturated carbocycles. The zero-order chi connectivity index (χ0) is 17.1. The minimum atomic E-state index is -0.0601. The lowest BCUT2D eigenvalue weighted by Crippen LogP contribution is -2.47. The van der Waals surface area contributed by atoms with Crippen molar-refractivity contribution < 1.29 is 18.7 Å². The van der Waals surface area contributed by atoms with E-state index in [9.17, 15) is 9.59 Å². The first-order chi connectivity index (χ1) is 11.6. The van der Waals surface area contributed by atoms with Crippen molar-refractivity contribution in [2.75, 3.05) is 39.4 Å². The lowest BCUT2D eigenvalue weighted by atomic mass is 9.95. The van der Waals surface area contributed by atoms with E-state index in [0.717, 1.165) is 30.6 Å². The zero-order valence-corrected chi connectivity index (χ0v) is 14.5. The van der Waals surface area contributed by atoms with Gasteiger partial charge in [-0.2, -0.15) is 0 Å². The predicted molar refractivity (Wildman–Crippen MR) is 88.8 cm³/mol. The number of piperidine rings is 1. The van der Waals surface area contributed by atoms with Crippen molar-refractivity contribution in [1.29, 1.82) is 0 Å². The van der Waals surface area contributed by atoms with Crippen molar-refractivity contribution in [2.45, 2.75) is 33.1 Å². The van der Waals surface area contributed by atoms with Crippen LogP contribution in [-0.2, 0) is 16.0 Å². The van der Waals surface area contributed by atoms with Crippen LogP contribution in [0.4, 0.5) is 0 Å². The summed E-state index contributed by atoms with van der Waals surface area (Å²) in [6.07, 6.45) is 2.24. The number of aryl methyl sites for hydroxylation is 2. The van der Waals surface area contributed by atoms with E-state index in [1.807, 2.05) is 24.8 Å². The average molecular weight is 334 g/mol. The topological polar surface area (TPSA) is 63.0 Å². The summed E-state index contributed by atoms with van der Waals surface area (Å²) < 4.78 is 11.0. The van der Waals surface area contributed by atoms with Gasteiger partial charge in [-0.15, -0.1) is 0 Å². The minimum Gasteiger partial charge on any atom is -0.456 e. The number of furan rings is 1. The molecule has 2 fully saturated rings. The Labute approximate surface area is 142 Å². The third-order valence-corrected chi connectivity index (χ3v) is 5.01. The molecule has 132 valence electrons. The van der Waals surface area contributed by atoms with Gasteiger partial charge in [-0.1, -0.05) is 6.92 Å². The number of carbonyl (C=O) groups excluding carboxylic acids is 2. The summed E-state index contributed by atoms with van der Waals surface area (Å²) in [5.74, 6) is 1.47. The molecule has 2 aliphatic heterocycles. The second-order valence-corrected chi connectivity index (χ2v) is 6.57. The van der Waals surface area contributed by atoms with Crippen LogP contribution >= 0.6 is 0 Å². The Bertz CT molecular complexity index is 596. The maximum atomic E-state index is 12.6. The maximum Gasteiger partial charge on any atom is 0.289 e. The fraction of sp³-hybridized carbons (Fsp3) is 0.667. The first-order valence-corrected chi connectivity index (χ1v) is 8.85. The molecule has 2 saturated heterocycles. The van der Waals surface area contributed by atoms with Gasteiger partial charge < -0.3 is 19.0 Å². The Morgan fingerprint density at radius 3 is 2.38 bits per heavy atom. The van der Waals surface area contributed by atoms with Crippen LogP contribution < -0.4 is 0 Å². The number of carbonyl (C=O) groups is 2. The summed E-state index contributed by atoms with van der Waals surface area (Å²) in [7, 11) is 0. The van der Waals surface area contributed by atoms with E-state index in [1.165, 1.54) is 0 Å². The van der Waals surface area contributed by atoms with Crippen molar-refractivity contribution in [3.63, 3.8) is 0 Å². The molecule has 6 heteroatoms. The largest absolute Gasteiger partial charge is 0.456 e. The maximum absolute atomic E-state index is 12.6. The Kier molecular flexibility index (Phi) is 5.23. The van der Waals surface area contributed by atoms with Gasteiger partial charge in [0.25, 0.3) is 5.91 Å². The fourth-order valence-corrected chi connectivity index (χ4v) is 3.50. The summed E-state index contributed by atoms with van der Waals surface area (Å²) in [5, 5.41) is 0. The van der Waals surface area contributed by atoms with Crippen molar-refractivity contribution in [3.8, 4) is 0 Å². The number of hydrogen-bond acceptors (Lipinski definition) is 4. The highest BCUT2D eigenvalue weighted by Gasteiger charge is 2.32. The van der Waals surface area contributed by atoms with Gasteiger partial charge in [0.05, 0.1) is 13.2 Å². The lowest BCUT2D eigenvalue weighted by Gasteiger charge is -2.35. The number of nitrogens with zero attached hydrogens (tertiary/aromatic N) is 2. The van der Waals surface area contributed by atoms with Gasteiger partial charge in [-0.3, -0.25) is 9.59 Å². The van der Waals surface area contributed by atoms with Crippen LogP contribution in [0.2, 0.25) is 0 Å². The zero-order valence-electron chi connectivity index (χ0n) is 14.5. The lowest BCUT2D eigenvalue weighted by molar-refractivity contribution is -0.141. The molecule has 0 unspecified atom stereocenters. The summed E-state index contributed by atoms with van der Waals surface area (Å²) in [6.45, 7) is 7.82. The SMILES string of the molecule is CCc1oc(C(=O)N2CCC(C(=O)N3CCOCC3)CC2)cc1C. The summed E-state index contributed by atoms with van der Waals surface area (Å²) in [4.78, 5) is 28.8. The van der Waals surface area contributed by atoms with Gasteiger partial charge in [-0.25, -0.2) is 0 Å². The fourth-order valence-electron chi connectivity index (χ4n) is 3.50. The predicted octanol–water partition coefficient (Wildman–Crippen LogP) is 1.86. The first-order valence-electron chi connectivity index (χ1n) is 8.85. The quantitative estimate of drug-likeness (QED) is 0.846. The van der Waals surface area contributed by atoms with Crippen LogP contribution in [0.3, 0.4) is 0 Å². The molecule has 3 rings (SSSR count). The molecule has 0 atom stereocenters. The number of amides is 2. The Hall–Kier alpha value is -1.82. The smallest absolute Gasteiger partial charge is 0.289 e. The molecule has 3 heterocycles. The molecular formula is C18H26N2O4. The second kappa shape index (κ2) is 7.38. The highest BCUT2D eigenvalue weighted by molar-refractivity contribution is 5.92. The molecule has 0 aromatic carbocycles. The van der Waals surface area contributed by atoms with Crippen LogP contribution in [0.25, 0.3) is 0 Å². The number of likely N-dealkylation sites (tertiary alicyclic amines) is 1.